The Labute approximate surface area is 117 Å². The molecule has 0 aliphatic carbocycles. The fraction of sp³-hybridized carbons (Fsp3) is 0.188. The maximum Gasteiger partial charge on any atom is 0.142 e. The normalized spacial score (nSPS) is 16.1. The predicted octanol–water partition coefficient (Wildman–Crippen LogP) is 4.10. The van der Waals surface area contributed by atoms with E-state index in [2.05, 4.69) is 29.4 Å². The molecule has 0 spiro atoms. The number of nitrogens with zero attached hydrogens (tertiary/aromatic N) is 1. The standard InChI is InChI=1S/C16H15NOS/c1-2-6-13(7-3-1)12-18-17-15-10-11-19-16-9-5-4-8-14(15)16/h1-9H,10-12H2/b17-15+. The summed E-state index contributed by atoms with van der Waals surface area (Å²) in [5.74, 6) is 1.07. The first-order chi connectivity index (χ1) is 9.43. The van der Waals surface area contributed by atoms with Crippen molar-refractivity contribution in [1.82, 2.24) is 0 Å². The Bertz CT molecular complexity index is 580. The minimum Gasteiger partial charge on any atom is -0.391 e. The van der Waals surface area contributed by atoms with Gasteiger partial charge in [-0.2, -0.15) is 0 Å². The minimum atomic E-state index is 0.527. The summed E-state index contributed by atoms with van der Waals surface area (Å²) in [6, 6.07) is 18.5. The Balaban J connectivity index is 1.71. The summed E-state index contributed by atoms with van der Waals surface area (Å²) in [6.45, 7) is 0.527. The van der Waals surface area contributed by atoms with Crippen LogP contribution in [0.3, 0.4) is 0 Å². The smallest absolute Gasteiger partial charge is 0.142 e. The highest BCUT2D eigenvalue weighted by atomic mass is 32.2. The number of oxime groups is 1. The Kier molecular flexibility index (Phi) is 3.84. The average Bonchev–Trinajstić information content (AvgIpc) is 2.49. The molecule has 0 fully saturated rings. The molecule has 2 aromatic carbocycles. The maximum absolute atomic E-state index is 5.49. The number of hydrogen-bond donors (Lipinski definition) is 0. The molecule has 2 aromatic rings. The lowest BCUT2D eigenvalue weighted by Gasteiger charge is -2.16. The van der Waals surface area contributed by atoms with Crippen LogP contribution in [0.4, 0.5) is 0 Å². The number of benzene rings is 2. The van der Waals surface area contributed by atoms with E-state index in [1.807, 2.05) is 42.1 Å². The molecule has 3 heteroatoms. The average molecular weight is 269 g/mol. The van der Waals surface area contributed by atoms with Crippen molar-refractivity contribution in [2.24, 2.45) is 5.16 Å². The number of fused-ring (bicyclic) bond motifs is 1. The van der Waals surface area contributed by atoms with E-state index in [1.165, 1.54) is 10.5 Å². The molecule has 0 bridgehead atoms. The zero-order valence-corrected chi connectivity index (χ0v) is 11.4. The van der Waals surface area contributed by atoms with Gasteiger partial charge in [0.1, 0.15) is 6.61 Å². The first kappa shape index (κ1) is 12.3. The van der Waals surface area contributed by atoms with E-state index >= 15 is 0 Å². The second-order valence-corrected chi connectivity index (χ2v) is 5.53. The second-order valence-electron chi connectivity index (χ2n) is 4.39. The van der Waals surface area contributed by atoms with Crippen molar-refractivity contribution in [2.75, 3.05) is 5.75 Å². The van der Waals surface area contributed by atoms with E-state index in [9.17, 15) is 0 Å². The van der Waals surface area contributed by atoms with E-state index in [-0.39, 0.29) is 0 Å². The van der Waals surface area contributed by atoms with Crippen molar-refractivity contribution in [2.45, 2.75) is 17.9 Å². The minimum absolute atomic E-state index is 0.527. The Hall–Kier alpha value is -1.74. The van der Waals surface area contributed by atoms with E-state index in [0.29, 0.717) is 6.61 Å². The molecule has 96 valence electrons. The van der Waals surface area contributed by atoms with Crippen LogP contribution in [0.5, 0.6) is 0 Å². The lowest BCUT2D eigenvalue weighted by atomic mass is 10.1. The van der Waals surface area contributed by atoms with Gasteiger partial charge in [0.05, 0.1) is 5.71 Å². The van der Waals surface area contributed by atoms with Crippen molar-refractivity contribution in [1.29, 1.82) is 0 Å². The summed E-state index contributed by atoms with van der Waals surface area (Å²) in [7, 11) is 0. The highest BCUT2D eigenvalue weighted by molar-refractivity contribution is 7.99. The monoisotopic (exact) mass is 269 g/mol. The molecule has 1 aliphatic heterocycles. The van der Waals surface area contributed by atoms with Crippen LogP contribution in [-0.4, -0.2) is 11.5 Å². The van der Waals surface area contributed by atoms with Gasteiger partial charge in [-0.3, -0.25) is 0 Å². The van der Waals surface area contributed by atoms with Crippen molar-refractivity contribution in [3.8, 4) is 0 Å². The van der Waals surface area contributed by atoms with E-state index in [4.69, 9.17) is 4.84 Å². The van der Waals surface area contributed by atoms with Crippen molar-refractivity contribution in [3.63, 3.8) is 0 Å². The van der Waals surface area contributed by atoms with Crippen LogP contribution >= 0.6 is 11.8 Å². The van der Waals surface area contributed by atoms with Crippen LogP contribution < -0.4 is 0 Å². The van der Waals surface area contributed by atoms with Crippen LogP contribution in [0, 0.1) is 0 Å². The molecule has 0 unspecified atom stereocenters. The second kappa shape index (κ2) is 5.93. The molecule has 2 nitrogen and oxygen atoms in total. The molecule has 0 amide bonds. The van der Waals surface area contributed by atoms with Gasteiger partial charge in [0.2, 0.25) is 0 Å². The number of rotatable bonds is 3. The fourth-order valence-electron chi connectivity index (χ4n) is 2.08. The summed E-state index contributed by atoms with van der Waals surface area (Å²) >= 11 is 1.89. The summed E-state index contributed by atoms with van der Waals surface area (Å²) in [4.78, 5) is 6.80. The molecule has 0 N–H and O–H groups in total. The van der Waals surface area contributed by atoms with Crippen LogP contribution in [0.2, 0.25) is 0 Å². The van der Waals surface area contributed by atoms with Gasteiger partial charge in [0.15, 0.2) is 0 Å². The van der Waals surface area contributed by atoms with Crippen molar-refractivity contribution < 1.29 is 4.84 Å². The molecule has 1 aliphatic rings. The summed E-state index contributed by atoms with van der Waals surface area (Å²) in [6.07, 6.45) is 0.969. The fourth-order valence-corrected chi connectivity index (χ4v) is 3.11. The summed E-state index contributed by atoms with van der Waals surface area (Å²) < 4.78 is 0. The molecule has 0 aromatic heterocycles. The van der Waals surface area contributed by atoms with Gasteiger partial charge in [-0.1, -0.05) is 53.7 Å². The molecule has 0 atom stereocenters. The van der Waals surface area contributed by atoms with E-state index in [1.54, 1.807) is 0 Å². The van der Waals surface area contributed by atoms with Crippen molar-refractivity contribution >= 4 is 17.5 Å². The third-order valence-corrected chi connectivity index (χ3v) is 4.12. The molecule has 19 heavy (non-hydrogen) atoms. The van der Waals surface area contributed by atoms with Gasteiger partial charge >= 0.3 is 0 Å². The molecule has 0 radical (unpaired) electrons. The quantitative estimate of drug-likeness (QED) is 0.782. The Morgan fingerprint density at radius 3 is 2.68 bits per heavy atom. The Morgan fingerprint density at radius 1 is 1.00 bits per heavy atom. The summed E-state index contributed by atoms with van der Waals surface area (Å²) in [5, 5.41) is 4.32. The zero-order valence-electron chi connectivity index (χ0n) is 10.6. The van der Waals surface area contributed by atoms with Crippen molar-refractivity contribution in [3.05, 3.63) is 65.7 Å². The van der Waals surface area contributed by atoms with Gasteiger partial charge < -0.3 is 4.84 Å². The summed E-state index contributed by atoms with van der Waals surface area (Å²) in [5.41, 5.74) is 3.42. The highest BCUT2D eigenvalue weighted by Crippen LogP contribution is 2.29. The van der Waals surface area contributed by atoms with Crippen LogP contribution in [0.15, 0.2) is 64.6 Å². The lowest BCUT2D eigenvalue weighted by Crippen LogP contribution is -2.10. The first-order valence-electron chi connectivity index (χ1n) is 6.38. The zero-order chi connectivity index (χ0) is 12.9. The molecule has 1 heterocycles. The van der Waals surface area contributed by atoms with Gasteiger partial charge in [-0.05, 0) is 11.6 Å². The van der Waals surface area contributed by atoms with Gasteiger partial charge in [0.25, 0.3) is 0 Å². The van der Waals surface area contributed by atoms with Crippen LogP contribution in [0.25, 0.3) is 0 Å². The van der Waals surface area contributed by atoms with E-state index < -0.39 is 0 Å². The molecule has 3 rings (SSSR count). The van der Waals surface area contributed by atoms with Gasteiger partial charge in [0, 0.05) is 22.6 Å². The van der Waals surface area contributed by atoms with Gasteiger partial charge in [-0.15, -0.1) is 11.8 Å². The number of thioether (sulfide) groups is 1. The lowest BCUT2D eigenvalue weighted by molar-refractivity contribution is 0.130. The largest absolute Gasteiger partial charge is 0.391 e. The molecular formula is C16H15NOS. The van der Waals surface area contributed by atoms with E-state index in [0.717, 1.165) is 23.4 Å². The third kappa shape index (κ3) is 2.99. The maximum atomic E-state index is 5.49. The molecule has 0 saturated heterocycles. The van der Waals surface area contributed by atoms with Gasteiger partial charge in [-0.25, -0.2) is 0 Å². The molecule has 0 saturated carbocycles. The topological polar surface area (TPSA) is 21.6 Å². The Morgan fingerprint density at radius 2 is 1.79 bits per heavy atom. The van der Waals surface area contributed by atoms with Crippen LogP contribution in [0.1, 0.15) is 17.5 Å². The first-order valence-corrected chi connectivity index (χ1v) is 7.37. The third-order valence-electron chi connectivity index (χ3n) is 3.04. The SMILES string of the molecule is c1ccc(CO/N=C2\CCSc3ccccc32)cc1. The van der Waals surface area contributed by atoms with Crippen LogP contribution in [-0.2, 0) is 11.4 Å². The predicted molar refractivity (Wildman–Crippen MR) is 79.6 cm³/mol. The highest BCUT2D eigenvalue weighted by Gasteiger charge is 2.15. The molecular weight excluding hydrogens is 254 g/mol. The number of hydrogen-bond acceptors (Lipinski definition) is 3.